The van der Waals surface area contributed by atoms with Crippen molar-refractivity contribution in [2.75, 3.05) is 13.1 Å². The Kier molecular flexibility index (Phi) is 5.65. The zero-order valence-corrected chi connectivity index (χ0v) is 16.2. The molecule has 4 nitrogen and oxygen atoms in total. The first kappa shape index (κ1) is 18.3. The summed E-state index contributed by atoms with van der Waals surface area (Å²) in [4.78, 5) is 7.30. The number of nitrogens with two attached hydrogens (primary N) is 1. The number of furan rings is 1. The van der Waals surface area contributed by atoms with Gasteiger partial charge in [-0.1, -0.05) is 18.0 Å². The first-order valence-electron chi connectivity index (χ1n) is 9.74. The molecule has 1 aliphatic heterocycles. The fourth-order valence-corrected chi connectivity index (χ4v) is 4.34. The second-order valence-corrected chi connectivity index (χ2v) is 8.02. The summed E-state index contributed by atoms with van der Waals surface area (Å²) in [6, 6.07) is 9.75. The van der Waals surface area contributed by atoms with E-state index in [0.717, 1.165) is 29.4 Å². The average Bonchev–Trinajstić information content (AvgIpc) is 3.20. The van der Waals surface area contributed by atoms with Crippen LogP contribution in [0, 0.1) is 11.8 Å². The Balaban J connectivity index is 1.60. The van der Waals surface area contributed by atoms with E-state index in [-0.39, 0.29) is 6.17 Å². The molecular formula is C22H26ClN3O. The standard InChI is InChI=1S/C22H26ClN3O/c23-19-7-6-18-15-26(14-17-4-1-3-16(11-17)13-24)22(25-21(18)12-19)9-8-20-5-2-10-27-20/h2,5-10,12,15-17,22H,1,3-4,11,13-14,24H2. The molecule has 0 amide bonds. The van der Waals surface area contributed by atoms with Gasteiger partial charge in [-0.05, 0) is 80.1 Å². The quantitative estimate of drug-likeness (QED) is 0.860. The van der Waals surface area contributed by atoms with Gasteiger partial charge in [0.05, 0.1) is 11.6 Å². The van der Waals surface area contributed by atoms with Crippen LogP contribution < -0.4 is 16.3 Å². The molecule has 2 heterocycles. The largest absolute Gasteiger partial charge is 0.465 e. The van der Waals surface area contributed by atoms with Gasteiger partial charge in [-0.2, -0.15) is 0 Å². The predicted octanol–water partition coefficient (Wildman–Crippen LogP) is 3.41. The van der Waals surface area contributed by atoms with Crippen LogP contribution >= 0.6 is 11.6 Å². The van der Waals surface area contributed by atoms with Crippen molar-refractivity contribution in [3.8, 4) is 0 Å². The first-order chi connectivity index (χ1) is 13.2. The molecule has 27 heavy (non-hydrogen) atoms. The lowest BCUT2D eigenvalue weighted by molar-refractivity contribution is 0.207. The summed E-state index contributed by atoms with van der Waals surface area (Å²) in [5.74, 6) is 2.16. The second kappa shape index (κ2) is 8.32. The topological polar surface area (TPSA) is 54.8 Å². The molecule has 0 spiro atoms. The Morgan fingerprint density at radius 1 is 1.26 bits per heavy atom. The molecule has 5 heteroatoms. The van der Waals surface area contributed by atoms with Gasteiger partial charge in [-0.15, -0.1) is 0 Å². The van der Waals surface area contributed by atoms with Gasteiger partial charge in [0.15, 0.2) is 0 Å². The summed E-state index contributed by atoms with van der Waals surface area (Å²) in [5, 5.41) is 2.77. The van der Waals surface area contributed by atoms with Gasteiger partial charge < -0.3 is 15.1 Å². The maximum Gasteiger partial charge on any atom is 0.140 e. The van der Waals surface area contributed by atoms with E-state index < -0.39 is 0 Å². The van der Waals surface area contributed by atoms with Gasteiger partial charge >= 0.3 is 0 Å². The molecule has 0 saturated heterocycles. The molecule has 1 aliphatic carbocycles. The zero-order valence-electron chi connectivity index (χ0n) is 15.4. The minimum atomic E-state index is -0.0562. The molecule has 2 aliphatic rings. The number of benzene rings is 1. The van der Waals surface area contributed by atoms with Crippen molar-refractivity contribution in [1.82, 2.24) is 4.90 Å². The van der Waals surface area contributed by atoms with Crippen molar-refractivity contribution in [2.45, 2.75) is 31.8 Å². The summed E-state index contributed by atoms with van der Waals surface area (Å²) in [5.41, 5.74) is 5.93. The minimum absolute atomic E-state index is 0.0562. The fourth-order valence-electron chi connectivity index (χ4n) is 4.17. The number of fused-ring (bicyclic) bond motifs is 1. The van der Waals surface area contributed by atoms with E-state index in [2.05, 4.69) is 17.2 Å². The Morgan fingerprint density at radius 3 is 2.96 bits per heavy atom. The molecule has 1 saturated carbocycles. The highest BCUT2D eigenvalue weighted by Gasteiger charge is 2.25. The molecule has 0 radical (unpaired) electrons. The van der Waals surface area contributed by atoms with E-state index in [4.69, 9.17) is 26.7 Å². The van der Waals surface area contributed by atoms with E-state index in [1.165, 1.54) is 25.7 Å². The normalized spacial score (nSPS) is 25.1. The third kappa shape index (κ3) is 4.45. The van der Waals surface area contributed by atoms with E-state index in [1.54, 1.807) is 6.26 Å². The van der Waals surface area contributed by atoms with Crippen LogP contribution in [0.2, 0.25) is 5.02 Å². The third-order valence-electron chi connectivity index (χ3n) is 5.58. The van der Waals surface area contributed by atoms with Gasteiger partial charge in [-0.3, -0.25) is 4.99 Å². The fraction of sp³-hybridized carbons (Fsp3) is 0.409. The first-order valence-corrected chi connectivity index (χ1v) is 10.1. The average molecular weight is 384 g/mol. The monoisotopic (exact) mass is 383 g/mol. The van der Waals surface area contributed by atoms with Crippen molar-refractivity contribution >= 4 is 23.9 Å². The molecule has 1 fully saturated rings. The Bertz CT molecular complexity index is 906. The molecule has 1 aromatic carbocycles. The predicted molar refractivity (Wildman–Crippen MR) is 109 cm³/mol. The highest BCUT2D eigenvalue weighted by molar-refractivity contribution is 6.30. The van der Waals surface area contributed by atoms with Crippen LogP contribution in [0.15, 0.2) is 52.1 Å². The molecule has 3 atom stereocenters. The van der Waals surface area contributed by atoms with Gasteiger partial charge in [0.1, 0.15) is 11.9 Å². The summed E-state index contributed by atoms with van der Waals surface area (Å²) < 4.78 is 5.43. The Hall–Kier alpha value is -2.04. The van der Waals surface area contributed by atoms with Gasteiger partial charge in [0, 0.05) is 23.0 Å². The lowest BCUT2D eigenvalue weighted by Gasteiger charge is -2.35. The van der Waals surface area contributed by atoms with Crippen molar-refractivity contribution in [3.63, 3.8) is 0 Å². The minimum Gasteiger partial charge on any atom is -0.465 e. The molecular weight excluding hydrogens is 358 g/mol. The molecule has 1 aromatic heterocycles. The van der Waals surface area contributed by atoms with Crippen LogP contribution in [0.5, 0.6) is 0 Å². The Morgan fingerprint density at radius 2 is 2.15 bits per heavy atom. The lowest BCUT2D eigenvalue weighted by Crippen LogP contribution is -2.43. The van der Waals surface area contributed by atoms with Gasteiger partial charge in [-0.25, -0.2) is 0 Å². The summed E-state index contributed by atoms with van der Waals surface area (Å²) in [6.07, 6.45) is 13.0. The maximum atomic E-state index is 6.17. The summed E-state index contributed by atoms with van der Waals surface area (Å²) >= 11 is 6.17. The summed E-state index contributed by atoms with van der Waals surface area (Å²) in [7, 11) is 0. The van der Waals surface area contributed by atoms with Crippen molar-refractivity contribution in [3.05, 3.63) is 64.0 Å². The van der Waals surface area contributed by atoms with Crippen molar-refractivity contribution < 1.29 is 4.42 Å². The SMILES string of the molecule is NCC1CCCC(CN2C=c3ccc(Cl)cc3=NC2C=Cc2ccco2)C1. The smallest absolute Gasteiger partial charge is 0.140 e. The molecule has 4 rings (SSSR count). The van der Waals surface area contributed by atoms with Crippen LogP contribution in [0.3, 0.4) is 0 Å². The number of hydrogen-bond acceptors (Lipinski definition) is 4. The number of halogens is 1. The van der Waals surface area contributed by atoms with Crippen molar-refractivity contribution in [2.24, 2.45) is 22.6 Å². The van der Waals surface area contributed by atoms with Crippen LogP contribution in [0.25, 0.3) is 12.3 Å². The van der Waals surface area contributed by atoms with E-state index in [9.17, 15) is 0 Å². The van der Waals surface area contributed by atoms with E-state index in [1.807, 2.05) is 36.4 Å². The third-order valence-corrected chi connectivity index (χ3v) is 5.81. The van der Waals surface area contributed by atoms with Crippen molar-refractivity contribution in [1.29, 1.82) is 0 Å². The van der Waals surface area contributed by atoms with Gasteiger partial charge in [0.2, 0.25) is 0 Å². The van der Waals surface area contributed by atoms with Gasteiger partial charge in [0.25, 0.3) is 0 Å². The number of hydrogen-bond donors (Lipinski definition) is 1. The molecule has 142 valence electrons. The van der Waals surface area contributed by atoms with E-state index in [0.29, 0.717) is 16.9 Å². The van der Waals surface area contributed by atoms with Crippen LogP contribution in [0.4, 0.5) is 0 Å². The molecule has 0 bridgehead atoms. The second-order valence-electron chi connectivity index (χ2n) is 7.58. The van der Waals surface area contributed by atoms with Crippen LogP contribution in [-0.4, -0.2) is 24.2 Å². The molecule has 2 aromatic rings. The molecule has 2 N–H and O–H groups in total. The number of nitrogens with zero attached hydrogens (tertiary/aromatic N) is 2. The van der Waals surface area contributed by atoms with E-state index >= 15 is 0 Å². The van der Waals surface area contributed by atoms with Crippen LogP contribution in [-0.2, 0) is 0 Å². The lowest BCUT2D eigenvalue weighted by atomic mass is 9.81. The maximum absolute atomic E-state index is 6.17. The van der Waals surface area contributed by atoms with Crippen LogP contribution in [0.1, 0.15) is 31.4 Å². The summed E-state index contributed by atoms with van der Waals surface area (Å²) in [6.45, 7) is 1.79. The highest BCUT2D eigenvalue weighted by atomic mass is 35.5. The highest BCUT2D eigenvalue weighted by Crippen LogP contribution is 2.30. The Labute approximate surface area is 165 Å². The zero-order chi connectivity index (χ0) is 18.6. The molecule has 3 unspecified atom stereocenters. The number of rotatable bonds is 5.